The number of aromatic nitrogens is 2. The Hall–Kier alpha value is -3.06. The van der Waals surface area contributed by atoms with Crippen molar-refractivity contribution in [2.45, 2.75) is 38.1 Å². The fraction of sp³-hybridized carbons (Fsp3) is 0.440. The highest BCUT2D eigenvalue weighted by Gasteiger charge is 2.32. The average Bonchev–Trinajstić information content (AvgIpc) is 3.55. The standard InChI is InChI=1S/C25H31N5O2/c1-16-15-29(10-11-30(16)23(31)9-12-32-2)25-20(26)14-19(24(28-25)17-7-8-17)22-13-18-5-3-4-6-21(18)27-22/h3-6,13-14,16-17,27H,7-12,15,26H2,1-2H3/t16-/m1/s1. The fourth-order valence-electron chi connectivity index (χ4n) is 4.74. The van der Waals surface area contributed by atoms with Gasteiger partial charge >= 0.3 is 0 Å². The van der Waals surface area contributed by atoms with Crippen LogP contribution in [-0.4, -0.2) is 60.2 Å². The first-order valence-corrected chi connectivity index (χ1v) is 11.5. The number of carbonyl (C=O) groups excluding carboxylic acids is 1. The number of hydrogen-bond acceptors (Lipinski definition) is 5. The van der Waals surface area contributed by atoms with Gasteiger partial charge in [-0.05, 0) is 38.0 Å². The number of piperazine rings is 1. The summed E-state index contributed by atoms with van der Waals surface area (Å²) in [5.74, 6) is 1.49. The van der Waals surface area contributed by atoms with E-state index in [-0.39, 0.29) is 11.9 Å². The van der Waals surface area contributed by atoms with Crippen LogP contribution >= 0.6 is 0 Å². The maximum Gasteiger partial charge on any atom is 0.225 e. The Kier molecular flexibility index (Phi) is 5.51. The second-order valence-electron chi connectivity index (χ2n) is 9.00. The summed E-state index contributed by atoms with van der Waals surface area (Å²) in [5.41, 5.74) is 11.7. The molecule has 0 radical (unpaired) electrons. The second-order valence-corrected chi connectivity index (χ2v) is 9.00. The van der Waals surface area contributed by atoms with Gasteiger partial charge in [-0.1, -0.05) is 18.2 Å². The highest BCUT2D eigenvalue weighted by atomic mass is 16.5. The molecule has 0 spiro atoms. The number of anilines is 2. The lowest BCUT2D eigenvalue weighted by atomic mass is 10.0. The van der Waals surface area contributed by atoms with Gasteiger partial charge in [0.2, 0.25) is 5.91 Å². The van der Waals surface area contributed by atoms with Crippen LogP contribution in [-0.2, 0) is 9.53 Å². The van der Waals surface area contributed by atoms with Crippen molar-refractivity contribution in [1.29, 1.82) is 0 Å². The average molecular weight is 434 g/mol. The van der Waals surface area contributed by atoms with E-state index in [1.165, 1.54) is 18.2 Å². The maximum absolute atomic E-state index is 12.5. The molecule has 1 aliphatic carbocycles. The van der Waals surface area contributed by atoms with Gasteiger partial charge in [0.1, 0.15) is 0 Å². The number of fused-ring (bicyclic) bond motifs is 1. The summed E-state index contributed by atoms with van der Waals surface area (Å²) in [5, 5.41) is 1.19. The molecule has 5 rings (SSSR count). The molecule has 0 unspecified atom stereocenters. The number of ether oxygens (including phenoxy) is 1. The van der Waals surface area contributed by atoms with E-state index in [1.807, 2.05) is 11.0 Å². The summed E-state index contributed by atoms with van der Waals surface area (Å²) in [6, 6.07) is 12.7. The number of methoxy groups -OCH3 is 1. The number of nitrogen functional groups attached to an aromatic ring is 1. The molecule has 1 aromatic carbocycles. The number of aromatic amines is 1. The molecular formula is C25H31N5O2. The molecule has 7 heteroatoms. The van der Waals surface area contributed by atoms with Gasteiger partial charge in [-0.25, -0.2) is 4.98 Å². The van der Waals surface area contributed by atoms with E-state index in [2.05, 4.69) is 47.1 Å². The van der Waals surface area contributed by atoms with Gasteiger partial charge in [-0.2, -0.15) is 0 Å². The summed E-state index contributed by atoms with van der Waals surface area (Å²) >= 11 is 0. The van der Waals surface area contributed by atoms with Crippen LogP contribution in [0.1, 0.15) is 37.8 Å². The summed E-state index contributed by atoms with van der Waals surface area (Å²) in [4.78, 5) is 25.3. The lowest BCUT2D eigenvalue weighted by Gasteiger charge is -2.41. The topological polar surface area (TPSA) is 87.5 Å². The van der Waals surface area contributed by atoms with E-state index in [0.29, 0.717) is 31.2 Å². The van der Waals surface area contributed by atoms with E-state index in [4.69, 9.17) is 15.5 Å². The largest absolute Gasteiger partial charge is 0.396 e. The third-order valence-electron chi connectivity index (χ3n) is 6.61. The molecule has 1 atom stereocenters. The molecule has 168 valence electrons. The minimum absolute atomic E-state index is 0.104. The van der Waals surface area contributed by atoms with E-state index in [1.54, 1.807) is 7.11 Å². The number of nitrogens with zero attached hydrogens (tertiary/aromatic N) is 3. The molecular weight excluding hydrogens is 402 g/mol. The molecule has 3 N–H and O–H groups in total. The molecule has 1 aliphatic heterocycles. The second kappa shape index (κ2) is 8.47. The minimum atomic E-state index is 0.104. The lowest BCUT2D eigenvalue weighted by Crippen LogP contribution is -2.54. The molecule has 1 saturated carbocycles. The molecule has 0 bridgehead atoms. The fourth-order valence-corrected chi connectivity index (χ4v) is 4.74. The summed E-state index contributed by atoms with van der Waals surface area (Å²) in [7, 11) is 1.63. The zero-order chi connectivity index (χ0) is 22.2. The van der Waals surface area contributed by atoms with Crippen molar-refractivity contribution < 1.29 is 9.53 Å². The van der Waals surface area contributed by atoms with Crippen LogP contribution in [0.3, 0.4) is 0 Å². The van der Waals surface area contributed by atoms with Crippen LogP contribution in [0.15, 0.2) is 36.4 Å². The van der Waals surface area contributed by atoms with Crippen LogP contribution < -0.4 is 10.6 Å². The number of benzene rings is 1. The number of nitrogens with two attached hydrogens (primary N) is 1. The minimum Gasteiger partial charge on any atom is -0.396 e. The highest BCUT2D eigenvalue weighted by Crippen LogP contribution is 2.45. The number of hydrogen-bond donors (Lipinski definition) is 2. The van der Waals surface area contributed by atoms with Gasteiger partial charge in [-0.15, -0.1) is 0 Å². The lowest BCUT2D eigenvalue weighted by molar-refractivity contribution is -0.134. The molecule has 7 nitrogen and oxygen atoms in total. The molecule has 2 aliphatic rings. The zero-order valence-electron chi connectivity index (χ0n) is 18.8. The van der Waals surface area contributed by atoms with Gasteiger partial charge in [0, 0.05) is 60.9 Å². The molecule has 1 amide bonds. The Balaban J connectivity index is 1.42. The Labute approximate surface area is 188 Å². The smallest absolute Gasteiger partial charge is 0.225 e. The van der Waals surface area contributed by atoms with Gasteiger partial charge < -0.3 is 25.3 Å². The predicted molar refractivity (Wildman–Crippen MR) is 128 cm³/mol. The number of nitrogens with one attached hydrogen (secondary N) is 1. The zero-order valence-corrected chi connectivity index (χ0v) is 18.8. The van der Waals surface area contributed by atoms with Gasteiger partial charge in [-0.3, -0.25) is 4.79 Å². The van der Waals surface area contributed by atoms with Crippen molar-refractivity contribution in [3.63, 3.8) is 0 Å². The van der Waals surface area contributed by atoms with Crippen molar-refractivity contribution >= 4 is 28.3 Å². The van der Waals surface area contributed by atoms with Crippen LogP contribution in [0.2, 0.25) is 0 Å². The Bertz CT molecular complexity index is 1100. The number of carbonyl (C=O) groups is 1. The van der Waals surface area contributed by atoms with Crippen molar-refractivity contribution in [1.82, 2.24) is 14.9 Å². The maximum atomic E-state index is 12.5. The van der Waals surface area contributed by atoms with Crippen molar-refractivity contribution in [3.8, 4) is 11.3 Å². The number of para-hydroxylation sites is 1. The summed E-state index contributed by atoms with van der Waals surface area (Å²) < 4.78 is 5.07. The Morgan fingerprint density at radius 2 is 2.06 bits per heavy atom. The van der Waals surface area contributed by atoms with E-state index in [9.17, 15) is 4.79 Å². The molecule has 3 aromatic rings. The third kappa shape index (κ3) is 3.93. The van der Waals surface area contributed by atoms with Gasteiger partial charge in [0.05, 0.1) is 24.4 Å². The quantitative estimate of drug-likeness (QED) is 0.618. The molecule has 2 aromatic heterocycles. The van der Waals surface area contributed by atoms with E-state index < -0.39 is 0 Å². The van der Waals surface area contributed by atoms with Crippen LogP contribution in [0, 0.1) is 0 Å². The molecule has 32 heavy (non-hydrogen) atoms. The third-order valence-corrected chi connectivity index (χ3v) is 6.61. The van der Waals surface area contributed by atoms with Crippen LogP contribution in [0.25, 0.3) is 22.2 Å². The number of H-pyrrole nitrogens is 1. The van der Waals surface area contributed by atoms with Gasteiger partial charge in [0.25, 0.3) is 0 Å². The van der Waals surface area contributed by atoms with E-state index in [0.717, 1.165) is 41.4 Å². The van der Waals surface area contributed by atoms with E-state index >= 15 is 0 Å². The first kappa shape index (κ1) is 20.8. The predicted octanol–water partition coefficient (Wildman–Crippen LogP) is 3.76. The molecule has 1 saturated heterocycles. The number of rotatable bonds is 6. The van der Waals surface area contributed by atoms with Crippen molar-refractivity contribution in [2.24, 2.45) is 0 Å². The van der Waals surface area contributed by atoms with Crippen LogP contribution in [0.5, 0.6) is 0 Å². The normalized spacial score (nSPS) is 19.0. The van der Waals surface area contributed by atoms with Gasteiger partial charge in [0.15, 0.2) is 5.82 Å². The molecule has 3 heterocycles. The summed E-state index contributed by atoms with van der Waals surface area (Å²) in [6.07, 6.45) is 2.76. The molecule has 2 fully saturated rings. The first-order valence-electron chi connectivity index (χ1n) is 11.5. The Morgan fingerprint density at radius 3 is 2.78 bits per heavy atom. The number of amides is 1. The number of pyridine rings is 1. The van der Waals surface area contributed by atoms with Crippen molar-refractivity contribution in [3.05, 3.63) is 42.1 Å². The Morgan fingerprint density at radius 1 is 1.25 bits per heavy atom. The highest BCUT2D eigenvalue weighted by molar-refractivity contribution is 5.87. The van der Waals surface area contributed by atoms with Crippen molar-refractivity contribution in [2.75, 3.05) is 44.0 Å². The first-order chi connectivity index (χ1) is 15.5. The summed E-state index contributed by atoms with van der Waals surface area (Å²) in [6.45, 7) is 4.68. The SMILES string of the molecule is COCCC(=O)N1CCN(c2nc(C3CC3)c(-c3cc4ccccc4[nH]3)cc2N)C[C@H]1C. The van der Waals surface area contributed by atoms with Crippen LogP contribution in [0.4, 0.5) is 11.5 Å². The monoisotopic (exact) mass is 433 g/mol.